The smallest absolute Gasteiger partial charge is 0.185 e. The molecule has 2 N–H and O–H groups in total. The molecule has 0 aliphatic carbocycles. The Hall–Kier alpha value is -1.76. The second-order valence-electron chi connectivity index (χ2n) is 4.36. The van der Waals surface area contributed by atoms with Gasteiger partial charge in [-0.15, -0.1) is 15.3 Å². The van der Waals surface area contributed by atoms with Crippen LogP contribution < -0.4 is 5.73 Å². The molecule has 0 spiro atoms. The van der Waals surface area contributed by atoms with Crippen LogP contribution in [0.5, 0.6) is 0 Å². The molecular formula is C10H17N7. The lowest BCUT2D eigenvalue weighted by Gasteiger charge is -2.06. The summed E-state index contributed by atoms with van der Waals surface area (Å²) >= 11 is 0. The first kappa shape index (κ1) is 11.7. The van der Waals surface area contributed by atoms with Gasteiger partial charge in [0.1, 0.15) is 6.33 Å². The van der Waals surface area contributed by atoms with E-state index in [-0.39, 0.29) is 0 Å². The fraction of sp³-hybridized carbons (Fsp3) is 0.600. The summed E-state index contributed by atoms with van der Waals surface area (Å²) in [5.74, 6) is 1.28. The standard InChI is InChI=1S/C10H17N7/c1-8(2)5-16-7-12-14-10(16)9-6-17(4-3-11)15-13-9/h6-8H,3-5,11H2,1-2H3. The molecule has 2 heterocycles. The summed E-state index contributed by atoms with van der Waals surface area (Å²) in [5, 5.41) is 16.1. The van der Waals surface area contributed by atoms with E-state index >= 15 is 0 Å². The molecule has 2 rings (SSSR count). The van der Waals surface area contributed by atoms with Gasteiger partial charge in [0.05, 0.1) is 12.7 Å². The van der Waals surface area contributed by atoms with Gasteiger partial charge in [-0.3, -0.25) is 4.68 Å². The van der Waals surface area contributed by atoms with Crippen molar-refractivity contribution in [1.82, 2.24) is 29.8 Å². The van der Waals surface area contributed by atoms with Crippen molar-refractivity contribution in [1.29, 1.82) is 0 Å². The summed E-state index contributed by atoms with van der Waals surface area (Å²) in [7, 11) is 0. The minimum atomic E-state index is 0.531. The van der Waals surface area contributed by atoms with E-state index in [9.17, 15) is 0 Å². The summed E-state index contributed by atoms with van der Waals surface area (Å²) in [6, 6.07) is 0. The van der Waals surface area contributed by atoms with Gasteiger partial charge in [-0.2, -0.15) is 0 Å². The molecule has 0 aromatic carbocycles. The quantitative estimate of drug-likeness (QED) is 0.797. The molecule has 0 atom stereocenters. The van der Waals surface area contributed by atoms with Gasteiger partial charge in [0.25, 0.3) is 0 Å². The van der Waals surface area contributed by atoms with E-state index in [0.717, 1.165) is 18.1 Å². The van der Waals surface area contributed by atoms with Crippen LogP contribution in [0.4, 0.5) is 0 Å². The third kappa shape index (κ3) is 2.68. The topological polar surface area (TPSA) is 87.4 Å². The monoisotopic (exact) mass is 235 g/mol. The number of nitrogens with two attached hydrogens (primary N) is 1. The fourth-order valence-electron chi connectivity index (χ4n) is 1.62. The summed E-state index contributed by atoms with van der Waals surface area (Å²) in [4.78, 5) is 0. The van der Waals surface area contributed by atoms with Crippen molar-refractivity contribution in [3.05, 3.63) is 12.5 Å². The summed E-state index contributed by atoms with van der Waals surface area (Å²) in [5.41, 5.74) is 6.20. The molecule has 7 nitrogen and oxygen atoms in total. The molecular weight excluding hydrogens is 218 g/mol. The fourth-order valence-corrected chi connectivity index (χ4v) is 1.62. The van der Waals surface area contributed by atoms with Crippen LogP contribution >= 0.6 is 0 Å². The zero-order valence-corrected chi connectivity index (χ0v) is 10.1. The molecule has 0 saturated carbocycles. The number of nitrogens with zero attached hydrogens (tertiary/aromatic N) is 6. The highest BCUT2D eigenvalue weighted by Crippen LogP contribution is 2.14. The maximum atomic E-state index is 5.46. The molecule has 0 aliphatic rings. The van der Waals surface area contributed by atoms with Gasteiger partial charge in [-0.25, -0.2) is 0 Å². The molecule has 0 aliphatic heterocycles. The predicted octanol–water partition coefficient (Wildman–Crippen LogP) is 0.151. The SMILES string of the molecule is CC(C)Cn1cnnc1-c1cn(CCN)nn1. The lowest BCUT2D eigenvalue weighted by Crippen LogP contribution is -2.10. The van der Waals surface area contributed by atoms with E-state index in [1.807, 2.05) is 10.8 Å². The number of aromatic nitrogens is 6. The highest BCUT2D eigenvalue weighted by molar-refractivity contribution is 5.46. The van der Waals surface area contributed by atoms with Gasteiger partial charge in [-0.05, 0) is 5.92 Å². The van der Waals surface area contributed by atoms with E-state index in [2.05, 4.69) is 34.4 Å². The van der Waals surface area contributed by atoms with Crippen molar-refractivity contribution in [3.8, 4) is 11.5 Å². The maximum absolute atomic E-state index is 5.46. The van der Waals surface area contributed by atoms with Crippen molar-refractivity contribution in [2.75, 3.05) is 6.54 Å². The van der Waals surface area contributed by atoms with Gasteiger partial charge in [0.15, 0.2) is 11.5 Å². The average Bonchev–Trinajstić information content (AvgIpc) is 2.86. The first-order valence-corrected chi connectivity index (χ1v) is 5.69. The molecule has 92 valence electrons. The van der Waals surface area contributed by atoms with E-state index in [1.54, 1.807) is 11.0 Å². The molecule has 0 bridgehead atoms. The van der Waals surface area contributed by atoms with Crippen LogP contribution in [0, 0.1) is 5.92 Å². The average molecular weight is 235 g/mol. The Labute approximate surface area is 99.6 Å². The van der Waals surface area contributed by atoms with Gasteiger partial charge in [0.2, 0.25) is 0 Å². The Balaban J connectivity index is 2.23. The third-order valence-corrected chi connectivity index (χ3v) is 2.30. The lowest BCUT2D eigenvalue weighted by molar-refractivity contribution is 0.525. The van der Waals surface area contributed by atoms with Gasteiger partial charge in [0, 0.05) is 13.1 Å². The van der Waals surface area contributed by atoms with Crippen molar-refractivity contribution in [2.45, 2.75) is 26.9 Å². The Morgan fingerprint density at radius 2 is 2.18 bits per heavy atom. The van der Waals surface area contributed by atoms with E-state index in [1.165, 1.54) is 0 Å². The molecule has 0 radical (unpaired) electrons. The Morgan fingerprint density at radius 3 is 2.88 bits per heavy atom. The van der Waals surface area contributed by atoms with Crippen molar-refractivity contribution in [3.63, 3.8) is 0 Å². The highest BCUT2D eigenvalue weighted by Gasteiger charge is 2.12. The predicted molar refractivity (Wildman–Crippen MR) is 62.9 cm³/mol. The maximum Gasteiger partial charge on any atom is 0.185 e. The van der Waals surface area contributed by atoms with E-state index in [4.69, 9.17) is 5.73 Å². The molecule has 17 heavy (non-hydrogen) atoms. The Morgan fingerprint density at radius 1 is 1.35 bits per heavy atom. The summed E-state index contributed by atoms with van der Waals surface area (Å²) < 4.78 is 3.70. The van der Waals surface area contributed by atoms with Gasteiger partial charge in [-0.1, -0.05) is 19.1 Å². The van der Waals surface area contributed by atoms with Crippen LogP contribution in [0.25, 0.3) is 11.5 Å². The Kier molecular flexibility index (Phi) is 3.48. The summed E-state index contributed by atoms with van der Waals surface area (Å²) in [6.45, 7) is 6.36. The largest absolute Gasteiger partial charge is 0.329 e. The zero-order valence-electron chi connectivity index (χ0n) is 10.1. The third-order valence-electron chi connectivity index (χ3n) is 2.30. The van der Waals surface area contributed by atoms with Crippen LogP contribution in [0.3, 0.4) is 0 Å². The number of hydrogen-bond acceptors (Lipinski definition) is 5. The number of hydrogen-bond donors (Lipinski definition) is 1. The highest BCUT2D eigenvalue weighted by atomic mass is 15.4. The van der Waals surface area contributed by atoms with Crippen molar-refractivity contribution < 1.29 is 0 Å². The second-order valence-corrected chi connectivity index (χ2v) is 4.36. The van der Waals surface area contributed by atoms with Crippen LogP contribution in [0.15, 0.2) is 12.5 Å². The van der Waals surface area contributed by atoms with Crippen LogP contribution in [0.2, 0.25) is 0 Å². The second kappa shape index (κ2) is 5.05. The number of rotatable bonds is 5. The summed E-state index contributed by atoms with van der Waals surface area (Å²) in [6.07, 6.45) is 3.56. The van der Waals surface area contributed by atoms with Crippen LogP contribution in [-0.2, 0) is 13.1 Å². The molecule has 7 heteroatoms. The minimum Gasteiger partial charge on any atom is -0.329 e. The first-order valence-electron chi connectivity index (χ1n) is 5.69. The molecule has 0 fully saturated rings. The normalized spacial score (nSPS) is 11.3. The van der Waals surface area contributed by atoms with Crippen molar-refractivity contribution >= 4 is 0 Å². The van der Waals surface area contributed by atoms with E-state index < -0.39 is 0 Å². The molecule has 0 amide bonds. The minimum absolute atomic E-state index is 0.531. The molecule has 0 saturated heterocycles. The van der Waals surface area contributed by atoms with Crippen molar-refractivity contribution in [2.24, 2.45) is 11.7 Å². The van der Waals surface area contributed by atoms with Gasteiger partial charge < -0.3 is 10.3 Å². The molecule has 2 aromatic heterocycles. The molecule has 2 aromatic rings. The van der Waals surface area contributed by atoms with E-state index in [0.29, 0.717) is 19.0 Å². The van der Waals surface area contributed by atoms with Crippen LogP contribution in [0.1, 0.15) is 13.8 Å². The lowest BCUT2D eigenvalue weighted by atomic mass is 10.2. The van der Waals surface area contributed by atoms with Crippen LogP contribution in [-0.4, -0.2) is 36.3 Å². The zero-order chi connectivity index (χ0) is 12.3. The Bertz CT molecular complexity index is 470. The first-order chi connectivity index (χ1) is 8.20. The van der Waals surface area contributed by atoms with Gasteiger partial charge >= 0.3 is 0 Å². The molecule has 0 unspecified atom stereocenters.